The third-order valence-electron chi connectivity index (χ3n) is 6.37. The number of esters is 3. The highest BCUT2D eigenvalue weighted by Gasteiger charge is 2.51. The lowest BCUT2D eigenvalue weighted by atomic mass is 10.1. The number of nitrogens with one attached hydrogen (secondary N) is 1. The van der Waals surface area contributed by atoms with E-state index in [1.165, 1.54) is 34.0 Å². The molecule has 2 aliphatic rings. The number of hydrogen-bond donors (Lipinski definition) is 1. The van der Waals surface area contributed by atoms with Crippen molar-refractivity contribution < 1.29 is 50.5 Å². The van der Waals surface area contributed by atoms with Crippen LogP contribution in [0.4, 0.5) is 11.8 Å². The molecule has 2 fully saturated rings. The zero-order valence-corrected chi connectivity index (χ0v) is 22.6. The molecule has 2 aromatic rings. The molecule has 2 saturated heterocycles. The monoisotopic (exact) mass is 554 g/mol. The van der Waals surface area contributed by atoms with Crippen LogP contribution >= 0.6 is 0 Å². The van der Waals surface area contributed by atoms with Gasteiger partial charge in [0.1, 0.15) is 12.7 Å². The molecule has 0 aromatic carbocycles. The normalized spacial score (nSPS) is 23.9. The van der Waals surface area contributed by atoms with Crippen molar-refractivity contribution in [1.29, 1.82) is 0 Å². The summed E-state index contributed by atoms with van der Waals surface area (Å²) >= 11 is 0. The second kappa shape index (κ2) is 11.6. The number of amides is 1. The van der Waals surface area contributed by atoms with Crippen LogP contribution in [-0.2, 0) is 38.1 Å². The van der Waals surface area contributed by atoms with Crippen LogP contribution in [0.3, 0.4) is 0 Å². The lowest BCUT2D eigenvalue weighted by Crippen LogP contribution is -3.00. The molecule has 2 aliphatic heterocycles. The summed E-state index contributed by atoms with van der Waals surface area (Å²) in [5, 5.41) is 2.64. The number of carbonyl (C=O) groups is 4. The van der Waals surface area contributed by atoms with Crippen molar-refractivity contribution in [2.75, 3.05) is 32.1 Å². The van der Waals surface area contributed by atoms with E-state index in [2.05, 4.69) is 20.3 Å². The number of imidazole rings is 1. The zero-order valence-electron chi connectivity index (χ0n) is 21.8. The number of nitrogens with zero attached hydrogens (tertiary/aromatic N) is 5. The first-order valence-electron chi connectivity index (χ1n) is 12.0. The largest absolute Gasteiger partial charge is 1.00 e. The van der Waals surface area contributed by atoms with Gasteiger partial charge in [0.25, 0.3) is 5.82 Å². The Morgan fingerprint density at radius 3 is 2.24 bits per heavy atom. The minimum Gasteiger partial charge on any atom is -1.00 e. The Morgan fingerprint density at radius 1 is 1.03 bits per heavy atom. The molecule has 208 valence electrons. The molecular formula is C23H31ClN6O8. The summed E-state index contributed by atoms with van der Waals surface area (Å²) < 4.78 is 24.3. The second-order valence-electron chi connectivity index (χ2n) is 9.44. The molecule has 0 saturated carbocycles. The van der Waals surface area contributed by atoms with Gasteiger partial charge in [-0.1, -0.05) is 0 Å². The summed E-state index contributed by atoms with van der Waals surface area (Å²) in [6.07, 6.45) is -0.626. The van der Waals surface area contributed by atoms with E-state index in [9.17, 15) is 19.2 Å². The van der Waals surface area contributed by atoms with Crippen LogP contribution in [0.1, 0.15) is 46.8 Å². The molecule has 1 amide bonds. The third kappa shape index (κ3) is 6.03. The number of ether oxygens (including phenoxy) is 4. The van der Waals surface area contributed by atoms with Crippen LogP contribution in [-0.4, -0.2) is 88.4 Å². The van der Waals surface area contributed by atoms with Gasteiger partial charge >= 0.3 is 17.9 Å². The van der Waals surface area contributed by atoms with Gasteiger partial charge in [-0.15, -0.1) is 0 Å². The van der Waals surface area contributed by atoms with E-state index in [-0.39, 0.29) is 30.9 Å². The number of anilines is 1. The molecule has 1 N–H and O–H groups in total. The fourth-order valence-corrected chi connectivity index (χ4v) is 4.84. The molecular weight excluding hydrogens is 524 g/mol. The average Bonchev–Trinajstić information content (AvgIpc) is 3.49. The summed E-state index contributed by atoms with van der Waals surface area (Å²) in [6, 6.07) is 0. The quantitative estimate of drug-likeness (QED) is 0.225. The molecule has 2 aromatic heterocycles. The maximum Gasteiger partial charge on any atom is 0.303 e. The number of likely N-dealkylation sites (tertiary alicyclic amines) is 1. The van der Waals surface area contributed by atoms with Crippen LogP contribution in [0.5, 0.6) is 0 Å². The molecule has 15 heteroatoms. The van der Waals surface area contributed by atoms with Crippen molar-refractivity contribution in [3.63, 3.8) is 0 Å². The Hall–Kier alpha value is -3.36. The molecule has 0 aliphatic carbocycles. The molecule has 4 atom stereocenters. The van der Waals surface area contributed by atoms with E-state index < -0.39 is 42.4 Å². The third-order valence-corrected chi connectivity index (χ3v) is 6.37. The van der Waals surface area contributed by atoms with Gasteiger partial charge < -0.3 is 31.4 Å². The van der Waals surface area contributed by atoms with E-state index >= 15 is 0 Å². The molecule has 0 radical (unpaired) electrons. The first-order chi connectivity index (χ1) is 17.5. The van der Waals surface area contributed by atoms with E-state index in [1.807, 2.05) is 7.05 Å². The van der Waals surface area contributed by atoms with Crippen LogP contribution in [0.2, 0.25) is 0 Å². The van der Waals surface area contributed by atoms with Gasteiger partial charge in [-0.3, -0.25) is 33.5 Å². The lowest BCUT2D eigenvalue weighted by molar-refractivity contribution is -0.166. The fourth-order valence-electron chi connectivity index (χ4n) is 4.84. The highest BCUT2D eigenvalue weighted by Crippen LogP contribution is 2.38. The number of halogens is 1. The van der Waals surface area contributed by atoms with Gasteiger partial charge in [-0.05, 0) is 0 Å². The number of hydrogen-bond acceptors (Lipinski definition) is 11. The summed E-state index contributed by atoms with van der Waals surface area (Å²) in [4.78, 5) is 60.9. The van der Waals surface area contributed by atoms with E-state index in [0.717, 1.165) is 25.9 Å². The highest BCUT2D eigenvalue weighted by molar-refractivity contribution is 5.90. The predicted octanol–water partition coefficient (Wildman–Crippen LogP) is -2.16. The smallest absolute Gasteiger partial charge is 0.303 e. The minimum absolute atomic E-state index is 0. The maximum absolute atomic E-state index is 12.0. The van der Waals surface area contributed by atoms with Gasteiger partial charge in [0.05, 0.1) is 26.5 Å². The van der Waals surface area contributed by atoms with Gasteiger partial charge in [0.2, 0.25) is 11.9 Å². The van der Waals surface area contributed by atoms with Crippen LogP contribution in [0.15, 0.2) is 6.33 Å². The van der Waals surface area contributed by atoms with Gasteiger partial charge in [-0.25, -0.2) is 4.98 Å². The van der Waals surface area contributed by atoms with Crippen molar-refractivity contribution in [3.8, 4) is 0 Å². The first-order valence-corrected chi connectivity index (χ1v) is 12.0. The molecule has 0 bridgehead atoms. The minimum atomic E-state index is -1.10. The van der Waals surface area contributed by atoms with Crippen LogP contribution < -0.4 is 22.2 Å². The molecule has 0 spiro atoms. The predicted molar refractivity (Wildman–Crippen MR) is 128 cm³/mol. The first kappa shape index (κ1) is 29.2. The van der Waals surface area contributed by atoms with Crippen LogP contribution in [0, 0.1) is 0 Å². The SMILES string of the molecule is CC(=O)Nc1nc([N+]2(C)CCCC2)c2ncn([C@@H]3O[C@H](COC(C)=O)[C@@H](OC(C)=O)[C@H]3OC(C)=O)c2n1.[Cl-]. The Bertz CT molecular complexity index is 1230. The number of carbonyl (C=O) groups excluding carboxylic acids is 4. The van der Waals surface area contributed by atoms with Crippen molar-refractivity contribution in [1.82, 2.24) is 24.0 Å². The van der Waals surface area contributed by atoms with Crippen molar-refractivity contribution in [2.24, 2.45) is 0 Å². The molecule has 14 nitrogen and oxygen atoms in total. The maximum atomic E-state index is 12.0. The van der Waals surface area contributed by atoms with Crippen molar-refractivity contribution >= 4 is 46.7 Å². The van der Waals surface area contributed by atoms with Crippen LogP contribution in [0.25, 0.3) is 11.2 Å². The number of quaternary nitrogens is 1. The molecule has 4 rings (SSSR count). The number of aromatic nitrogens is 4. The molecule has 4 heterocycles. The van der Waals surface area contributed by atoms with Crippen molar-refractivity contribution in [3.05, 3.63) is 6.33 Å². The van der Waals surface area contributed by atoms with Gasteiger partial charge in [-0.2, -0.15) is 9.97 Å². The van der Waals surface area contributed by atoms with Gasteiger partial charge in [0, 0.05) is 40.5 Å². The van der Waals surface area contributed by atoms with Crippen molar-refractivity contribution in [2.45, 2.75) is 65.1 Å². The summed E-state index contributed by atoms with van der Waals surface area (Å²) in [7, 11) is 2.05. The van der Waals surface area contributed by atoms with E-state index in [0.29, 0.717) is 21.5 Å². The number of rotatable bonds is 7. The Morgan fingerprint density at radius 2 is 1.66 bits per heavy atom. The number of fused-ring (bicyclic) bond motifs is 1. The second-order valence-corrected chi connectivity index (χ2v) is 9.44. The Labute approximate surface area is 225 Å². The fraction of sp³-hybridized carbons (Fsp3) is 0.609. The Kier molecular flexibility index (Phi) is 8.90. The summed E-state index contributed by atoms with van der Waals surface area (Å²) in [5.74, 6) is -1.41. The highest BCUT2D eigenvalue weighted by atomic mass is 35.5. The molecule has 0 unspecified atom stereocenters. The van der Waals surface area contributed by atoms with Gasteiger partial charge in [0.15, 0.2) is 29.6 Å². The topological polar surface area (TPSA) is 161 Å². The summed E-state index contributed by atoms with van der Waals surface area (Å²) in [5.41, 5.74) is 0.827. The lowest BCUT2D eigenvalue weighted by Gasteiger charge is -2.27. The Balaban J connectivity index is 0.00000400. The van der Waals surface area contributed by atoms with E-state index in [1.54, 1.807) is 4.57 Å². The summed E-state index contributed by atoms with van der Waals surface area (Å²) in [6.45, 7) is 6.48. The average molecular weight is 555 g/mol. The molecule has 38 heavy (non-hydrogen) atoms. The standard InChI is InChI=1S/C23H30N6O8.ClH/c1-12(30)25-23-26-20-17(21(27-23)29(5)8-6-7-9-29)24-11-28(20)22-19(36-15(4)33)18(35-14(3)32)16(37-22)10-34-13(2)31;/h11,16,18-19,22H,6-10H2,1-5H3;1H/t16-,18-,19-,22-;/m1./s1. The zero-order chi connectivity index (χ0) is 26.9. The van der Waals surface area contributed by atoms with E-state index in [4.69, 9.17) is 18.9 Å².